The van der Waals surface area contributed by atoms with Gasteiger partial charge in [0.1, 0.15) is 5.82 Å². The number of carbonyl (C=O) groups is 2. The number of nitrogens with zero attached hydrogens (tertiary/aromatic N) is 4. The molecule has 2 amide bonds. The lowest BCUT2D eigenvalue weighted by atomic mass is 10.3. The Hall–Kier alpha value is -1.90. The summed E-state index contributed by atoms with van der Waals surface area (Å²) in [6, 6.07) is -0.122. The van der Waals surface area contributed by atoms with Crippen molar-refractivity contribution in [1.82, 2.24) is 19.6 Å². The number of carboxylic acids is 1. The van der Waals surface area contributed by atoms with Crippen molar-refractivity contribution in [1.29, 1.82) is 0 Å². The molecule has 1 aliphatic heterocycles. The number of nitrogens with one attached hydrogen (secondary N) is 1. The molecule has 0 radical (unpaired) electrons. The molecule has 1 saturated heterocycles. The van der Waals surface area contributed by atoms with Gasteiger partial charge in [-0.15, -0.1) is 0 Å². The summed E-state index contributed by atoms with van der Waals surface area (Å²) in [7, 11) is 0. The minimum atomic E-state index is -0.840. The van der Waals surface area contributed by atoms with Crippen LogP contribution in [0.1, 0.15) is 32.0 Å². The first-order valence-electron chi connectivity index (χ1n) is 7.92. The zero-order chi connectivity index (χ0) is 16.7. The number of aryl methyl sites for hydroxylation is 1. The molecule has 0 bridgehead atoms. The van der Waals surface area contributed by atoms with Crippen LogP contribution >= 0.6 is 11.5 Å². The molecule has 2 heterocycles. The quantitative estimate of drug-likeness (QED) is 0.754. The third-order valence-electron chi connectivity index (χ3n) is 3.67. The molecule has 0 aromatic carbocycles. The maximum atomic E-state index is 12.1. The van der Waals surface area contributed by atoms with Crippen molar-refractivity contribution >= 4 is 28.7 Å². The van der Waals surface area contributed by atoms with E-state index in [2.05, 4.69) is 19.6 Å². The molecule has 0 spiro atoms. The maximum absolute atomic E-state index is 12.1. The third-order valence-corrected chi connectivity index (χ3v) is 4.49. The Morgan fingerprint density at radius 3 is 2.83 bits per heavy atom. The average molecular weight is 341 g/mol. The van der Waals surface area contributed by atoms with E-state index in [1.54, 1.807) is 4.90 Å². The average Bonchev–Trinajstić information content (AvgIpc) is 2.88. The number of carbonyl (C=O) groups excluding carboxylic acids is 1. The van der Waals surface area contributed by atoms with Crippen molar-refractivity contribution < 1.29 is 14.7 Å². The van der Waals surface area contributed by atoms with Crippen LogP contribution in [0, 0.1) is 0 Å². The van der Waals surface area contributed by atoms with Gasteiger partial charge in [0.05, 0.1) is 0 Å². The van der Waals surface area contributed by atoms with E-state index in [0.717, 1.165) is 36.9 Å². The Labute approximate surface area is 139 Å². The van der Waals surface area contributed by atoms with Gasteiger partial charge < -0.3 is 20.2 Å². The normalized spacial score (nSPS) is 15.3. The summed E-state index contributed by atoms with van der Waals surface area (Å²) in [6.07, 6.45) is 2.23. The standard InChI is InChI=1S/C14H23N5O3S/c1-2-11-16-14(23-17-11)19-8-4-7-18(9-10-19)13(22)15-6-3-5-12(20)21/h2-10H2,1H3,(H,15,22)(H,20,21). The van der Waals surface area contributed by atoms with Crippen LogP contribution in [-0.2, 0) is 11.2 Å². The fourth-order valence-corrected chi connectivity index (χ4v) is 3.18. The number of anilines is 1. The van der Waals surface area contributed by atoms with Gasteiger partial charge in [-0.1, -0.05) is 6.92 Å². The summed E-state index contributed by atoms with van der Waals surface area (Å²) in [5, 5.41) is 12.3. The number of hydrogen-bond donors (Lipinski definition) is 2. The molecule has 8 nitrogen and oxygen atoms in total. The molecular weight excluding hydrogens is 318 g/mol. The van der Waals surface area contributed by atoms with Gasteiger partial charge in [-0.25, -0.2) is 9.78 Å². The Balaban J connectivity index is 1.78. The predicted octanol–water partition coefficient (Wildman–Crippen LogP) is 1.19. The highest BCUT2D eigenvalue weighted by molar-refractivity contribution is 7.09. The van der Waals surface area contributed by atoms with Gasteiger partial charge in [-0.3, -0.25) is 4.79 Å². The minimum Gasteiger partial charge on any atom is -0.481 e. The Bertz CT molecular complexity index is 536. The van der Waals surface area contributed by atoms with E-state index in [9.17, 15) is 9.59 Å². The first kappa shape index (κ1) is 17.5. The molecule has 128 valence electrons. The Morgan fingerprint density at radius 1 is 1.30 bits per heavy atom. The fourth-order valence-electron chi connectivity index (χ4n) is 2.38. The molecule has 1 aromatic rings. The smallest absolute Gasteiger partial charge is 0.317 e. The summed E-state index contributed by atoms with van der Waals surface area (Å²) in [6.45, 7) is 5.35. The monoisotopic (exact) mass is 341 g/mol. The van der Waals surface area contributed by atoms with E-state index >= 15 is 0 Å². The lowest BCUT2D eigenvalue weighted by Crippen LogP contribution is -2.42. The van der Waals surface area contributed by atoms with Crippen LogP contribution in [0.5, 0.6) is 0 Å². The van der Waals surface area contributed by atoms with Crippen LogP contribution in [0.3, 0.4) is 0 Å². The van der Waals surface area contributed by atoms with E-state index in [0.29, 0.717) is 26.1 Å². The van der Waals surface area contributed by atoms with Crippen LogP contribution in [-0.4, -0.2) is 64.1 Å². The van der Waals surface area contributed by atoms with Gasteiger partial charge in [0.15, 0.2) is 0 Å². The first-order valence-corrected chi connectivity index (χ1v) is 8.69. The van der Waals surface area contributed by atoms with Crippen LogP contribution < -0.4 is 10.2 Å². The molecule has 1 aliphatic rings. The van der Waals surface area contributed by atoms with Gasteiger partial charge in [0.2, 0.25) is 5.13 Å². The van der Waals surface area contributed by atoms with Crippen molar-refractivity contribution in [2.24, 2.45) is 0 Å². The highest BCUT2D eigenvalue weighted by atomic mass is 32.1. The van der Waals surface area contributed by atoms with Gasteiger partial charge in [0.25, 0.3) is 0 Å². The van der Waals surface area contributed by atoms with Gasteiger partial charge in [-0.05, 0) is 12.8 Å². The molecule has 0 unspecified atom stereocenters. The molecule has 1 fully saturated rings. The van der Waals surface area contributed by atoms with Crippen LogP contribution in [0.2, 0.25) is 0 Å². The molecule has 2 N–H and O–H groups in total. The number of rotatable bonds is 6. The molecule has 0 aliphatic carbocycles. The molecule has 1 aromatic heterocycles. The number of aromatic nitrogens is 2. The van der Waals surface area contributed by atoms with Gasteiger partial charge in [-0.2, -0.15) is 4.37 Å². The van der Waals surface area contributed by atoms with Crippen molar-refractivity contribution in [3.63, 3.8) is 0 Å². The minimum absolute atomic E-state index is 0.0743. The number of amides is 2. The molecule has 9 heteroatoms. The zero-order valence-electron chi connectivity index (χ0n) is 13.3. The second kappa shape index (κ2) is 8.66. The summed E-state index contributed by atoms with van der Waals surface area (Å²) < 4.78 is 4.31. The predicted molar refractivity (Wildman–Crippen MR) is 88.0 cm³/mol. The second-order valence-electron chi connectivity index (χ2n) is 5.40. The maximum Gasteiger partial charge on any atom is 0.317 e. The second-order valence-corrected chi connectivity index (χ2v) is 6.13. The lowest BCUT2D eigenvalue weighted by Gasteiger charge is -2.21. The van der Waals surface area contributed by atoms with Gasteiger partial charge >= 0.3 is 12.0 Å². The highest BCUT2D eigenvalue weighted by Gasteiger charge is 2.20. The van der Waals surface area contributed by atoms with Gasteiger partial charge in [0, 0.05) is 57.1 Å². The number of urea groups is 1. The number of carboxylic acid groups (broad SMARTS) is 1. The van der Waals surface area contributed by atoms with E-state index in [-0.39, 0.29) is 12.5 Å². The molecule has 2 rings (SSSR count). The molecule has 0 saturated carbocycles. The van der Waals surface area contributed by atoms with Crippen LogP contribution in [0.15, 0.2) is 0 Å². The van der Waals surface area contributed by atoms with E-state index in [4.69, 9.17) is 5.11 Å². The SMILES string of the molecule is CCc1nsc(N2CCCN(C(=O)NCCCC(=O)O)CC2)n1. The highest BCUT2D eigenvalue weighted by Crippen LogP contribution is 2.19. The van der Waals surface area contributed by atoms with E-state index in [1.165, 1.54) is 11.5 Å². The van der Waals surface area contributed by atoms with Crippen LogP contribution in [0.4, 0.5) is 9.93 Å². The van der Waals surface area contributed by atoms with Crippen molar-refractivity contribution in [2.45, 2.75) is 32.6 Å². The summed E-state index contributed by atoms with van der Waals surface area (Å²) in [4.78, 5) is 31.0. The zero-order valence-corrected chi connectivity index (χ0v) is 14.1. The van der Waals surface area contributed by atoms with E-state index in [1.807, 2.05) is 6.92 Å². The lowest BCUT2D eigenvalue weighted by molar-refractivity contribution is -0.137. The topological polar surface area (TPSA) is 98.7 Å². The van der Waals surface area contributed by atoms with Crippen LogP contribution in [0.25, 0.3) is 0 Å². The Morgan fingerprint density at radius 2 is 2.13 bits per heavy atom. The summed E-state index contributed by atoms with van der Waals surface area (Å²) in [5.74, 6) is 0.0236. The Kier molecular flexibility index (Phi) is 6.57. The van der Waals surface area contributed by atoms with Crippen molar-refractivity contribution in [3.05, 3.63) is 5.82 Å². The molecular formula is C14H23N5O3S. The third kappa shape index (κ3) is 5.34. The summed E-state index contributed by atoms with van der Waals surface area (Å²) >= 11 is 1.41. The largest absolute Gasteiger partial charge is 0.481 e. The number of aliphatic carboxylic acids is 1. The first-order chi connectivity index (χ1) is 11.1. The van der Waals surface area contributed by atoms with Crippen molar-refractivity contribution in [2.75, 3.05) is 37.6 Å². The van der Waals surface area contributed by atoms with E-state index < -0.39 is 5.97 Å². The molecule has 23 heavy (non-hydrogen) atoms. The number of hydrogen-bond acceptors (Lipinski definition) is 6. The fraction of sp³-hybridized carbons (Fsp3) is 0.714. The molecule has 0 atom stereocenters. The van der Waals surface area contributed by atoms with Crippen molar-refractivity contribution in [3.8, 4) is 0 Å². The summed E-state index contributed by atoms with van der Waals surface area (Å²) in [5.41, 5.74) is 0.